The highest BCUT2D eigenvalue weighted by Crippen LogP contribution is 2.28. The fraction of sp³-hybridized carbons (Fsp3) is 0.650. The Morgan fingerprint density at radius 1 is 1.04 bits per heavy atom. The molecule has 0 aromatic heterocycles. The molecule has 0 saturated carbocycles. The van der Waals surface area contributed by atoms with Gasteiger partial charge < -0.3 is 10.6 Å². The van der Waals surface area contributed by atoms with Crippen molar-refractivity contribution in [2.75, 3.05) is 20.1 Å². The molecule has 130 valence electrons. The predicted octanol–water partition coefficient (Wildman–Crippen LogP) is 4.17. The van der Waals surface area contributed by atoms with Gasteiger partial charge in [-0.25, -0.2) is 0 Å². The number of carbonyl (C=O) groups excluding carboxylic acids is 1. The van der Waals surface area contributed by atoms with Crippen molar-refractivity contribution in [2.24, 2.45) is 5.41 Å². The van der Waals surface area contributed by atoms with Crippen LogP contribution in [0.3, 0.4) is 0 Å². The van der Waals surface area contributed by atoms with Gasteiger partial charge in [0.25, 0.3) is 5.91 Å². The summed E-state index contributed by atoms with van der Waals surface area (Å²) in [5, 5.41) is 5.93. The highest BCUT2D eigenvalue weighted by Gasteiger charge is 2.18. The molecule has 1 aromatic rings. The summed E-state index contributed by atoms with van der Waals surface area (Å²) in [5.74, 6) is 0.00521. The Balaban J connectivity index is 2.47. The second-order valence-corrected chi connectivity index (χ2v) is 7.21. The van der Waals surface area contributed by atoms with E-state index in [1.165, 1.54) is 37.7 Å². The Hall–Kier alpha value is -1.35. The minimum atomic E-state index is 0.00521. The Labute approximate surface area is 142 Å². The molecule has 0 unspecified atom stereocenters. The average molecular weight is 319 g/mol. The van der Waals surface area contributed by atoms with E-state index in [2.05, 4.69) is 43.5 Å². The van der Waals surface area contributed by atoms with E-state index < -0.39 is 0 Å². The number of hydrogen-bond donors (Lipinski definition) is 2. The van der Waals surface area contributed by atoms with Crippen molar-refractivity contribution in [3.05, 3.63) is 35.4 Å². The predicted molar refractivity (Wildman–Crippen MR) is 98.9 cm³/mol. The second-order valence-electron chi connectivity index (χ2n) is 7.21. The van der Waals surface area contributed by atoms with E-state index in [0.29, 0.717) is 12.0 Å². The van der Waals surface area contributed by atoms with Crippen LogP contribution in [0.25, 0.3) is 0 Å². The molecular weight excluding hydrogens is 284 g/mol. The van der Waals surface area contributed by atoms with Gasteiger partial charge in [-0.05, 0) is 43.0 Å². The van der Waals surface area contributed by atoms with Crippen molar-refractivity contribution in [1.29, 1.82) is 0 Å². The summed E-state index contributed by atoms with van der Waals surface area (Å²) in [6, 6.07) is 8.08. The van der Waals surface area contributed by atoms with Crippen molar-refractivity contribution < 1.29 is 4.79 Å². The fourth-order valence-electron chi connectivity index (χ4n) is 2.85. The molecule has 0 spiro atoms. The van der Waals surface area contributed by atoms with Crippen LogP contribution in [0.2, 0.25) is 0 Å². The summed E-state index contributed by atoms with van der Waals surface area (Å²) in [5.41, 5.74) is 2.38. The molecule has 0 radical (unpaired) electrons. The molecule has 1 rings (SSSR count). The molecule has 3 nitrogen and oxygen atoms in total. The summed E-state index contributed by atoms with van der Waals surface area (Å²) in [7, 11) is 1.88. The van der Waals surface area contributed by atoms with Crippen LogP contribution in [-0.2, 0) is 6.42 Å². The Bertz CT molecular complexity index is 451. The largest absolute Gasteiger partial charge is 0.351 e. The van der Waals surface area contributed by atoms with Crippen molar-refractivity contribution in [2.45, 2.75) is 59.3 Å². The lowest BCUT2D eigenvalue weighted by atomic mass is 9.81. The first kappa shape index (κ1) is 19.7. The molecule has 0 bridgehead atoms. The topological polar surface area (TPSA) is 41.1 Å². The number of rotatable bonds is 11. The summed E-state index contributed by atoms with van der Waals surface area (Å²) < 4.78 is 0. The summed E-state index contributed by atoms with van der Waals surface area (Å²) in [6.45, 7) is 8.38. The standard InChI is InChI=1S/C20H34N2O/c1-5-6-7-8-13-20(2,3)16-17-9-11-18(12-10-17)19(23)22-15-14-21-4/h9-12,21H,5-8,13-16H2,1-4H3,(H,22,23). The first-order valence-electron chi connectivity index (χ1n) is 9.00. The van der Waals surface area contributed by atoms with Crippen LogP contribution >= 0.6 is 0 Å². The van der Waals surface area contributed by atoms with Gasteiger partial charge in [-0.3, -0.25) is 4.79 Å². The third kappa shape index (κ3) is 8.17. The van der Waals surface area contributed by atoms with Crippen LogP contribution in [0.4, 0.5) is 0 Å². The van der Waals surface area contributed by atoms with E-state index in [1.807, 2.05) is 19.2 Å². The number of amides is 1. The van der Waals surface area contributed by atoms with Crippen molar-refractivity contribution in [1.82, 2.24) is 10.6 Å². The molecule has 0 fully saturated rings. The molecule has 2 N–H and O–H groups in total. The van der Waals surface area contributed by atoms with E-state index in [-0.39, 0.29) is 5.91 Å². The molecule has 0 aliphatic rings. The lowest BCUT2D eigenvalue weighted by Crippen LogP contribution is -2.30. The average Bonchev–Trinajstić information content (AvgIpc) is 2.52. The SMILES string of the molecule is CCCCCCC(C)(C)Cc1ccc(C(=O)NCCNC)cc1. The van der Waals surface area contributed by atoms with Crippen molar-refractivity contribution in [3.8, 4) is 0 Å². The number of unbranched alkanes of at least 4 members (excludes halogenated alkanes) is 3. The van der Waals surface area contributed by atoms with E-state index >= 15 is 0 Å². The van der Waals surface area contributed by atoms with Crippen LogP contribution < -0.4 is 10.6 Å². The fourth-order valence-corrected chi connectivity index (χ4v) is 2.85. The molecule has 23 heavy (non-hydrogen) atoms. The third-order valence-electron chi connectivity index (χ3n) is 4.27. The van der Waals surface area contributed by atoms with Crippen LogP contribution in [0, 0.1) is 5.41 Å². The third-order valence-corrected chi connectivity index (χ3v) is 4.27. The first-order valence-corrected chi connectivity index (χ1v) is 9.00. The molecule has 0 saturated heterocycles. The van der Waals surface area contributed by atoms with Gasteiger partial charge in [-0.1, -0.05) is 58.6 Å². The number of carbonyl (C=O) groups is 1. The summed E-state index contributed by atoms with van der Waals surface area (Å²) >= 11 is 0. The van der Waals surface area contributed by atoms with E-state index in [4.69, 9.17) is 0 Å². The van der Waals surface area contributed by atoms with E-state index in [9.17, 15) is 4.79 Å². The highest BCUT2D eigenvalue weighted by atomic mass is 16.1. The molecule has 0 aliphatic carbocycles. The number of benzene rings is 1. The minimum Gasteiger partial charge on any atom is -0.351 e. The van der Waals surface area contributed by atoms with Crippen molar-refractivity contribution >= 4 is 5.91 Å². The van der Waals surface area contributed by atoms with Gasteiger partial charge in [-0.15, -0.1) is 0 Å². The van der Waals surface area contributed by atoms with Gasteiger partial charge in [-0.2, -0.15) is 0 Å². The maximum atomic E-state index is 12.0. The minimum absolute atomic E-state index is 0.00521. The molecule has 3 heteroatoms. The normalized spacial score (nSPS) is 11.5. The Morgan fingerprint density at radius 3 is 2.35 bits per heavy atom. The lowest BCUT2D eigenvalue weighted by Gasteiger charge is -2.25. The van der Waals surface area contributed by atoms with Crippen LogP contribution in [0.1, 0.15) is 68.8 Å². The van der Waals surface area contributed by atoms with Gasteiger partial charge in [0.05, 0.1) is 0 Å². The monoisotopic (exact) mass is 318 g/mol. The van der Waals surface area contributed by atoms with Gasteiger partial charge in [0.15, 0.2) is 0 Å². The van der Waals surface area contributed by atoms with Gasteiger partial charge in [0.2, 0.25) is 0 Å². The maximum absolute atomic E-state index is 12.0. The summed E-state index contributed by atoms with van der Waals surface area (Å²) in [4.78, 5) is 12.0. The molecule has 0 aliphatic heterocycles. The smallest absolute Gasteiger partial charge is 0.251 e. The lowest BCUT2D eigenvalue weighted by molar-refractivity contribution is 0.0954. The Kier molecular flexibility index (Phi) is 8.93. The highest BCUT2D eigenvalue weighted by molar-refractivity contribution is 5.94. The molecule has 0 atom stereocenters. The zero-order valence-electron chi connectivity index (χ0n) is 15.4. The van der Waals surface area contributed by atoms with Gasteiger partial charge in [0.1, 0.15) is 0 Å². The molecule has 1 amide bonds. The van der Waals surface area contributed by atoms with Crippen LogP contribution in [0.5, 0.6) is 0 Å². The van der Waals surface area contributed by atoms with E-state index in [0.717, 1.165) is 18.5 Å². The van der Waals surface area contributed by atoms with Crippen LogP contribution in [-0.4, -0.2) is 26.0 Å². The first-order chi connectivity index (χ1) is 11.0. The number of nitrogens with one attached hydrogen (secondary N) is 2. The zero-order valence-corrected chi connectivity index (χ0v) is 15.4. The quantitative estimate of drug-likeness (QED) is 0.601. The van der Waals surface area contributed by atoms with Crippen molar-refractivity contribution in [3.63, 3.8) is 0 Å². The number of likely N-dealkylation sites (N-methyl/N-ethyl adjacent to an activating group) is 1. The number of hydrogen-bond acceptors (Lipinski definition) is 2. The second kappa shape index (κ2) is 10.4. The molecule has 1 aromatic carbocycles. The van der Waals surface area contributed by atoms with Gasteiger partial charge >= 0.3 is 0 Å². The molecule has 0 heterocycles. The molecular formula is C20H34N2O. The van der Waals surface area contributed by atoms with Crippen LogP contribution in [0.15, 0.2) is 24.3 Å². The van der Waals surface area contributed by atoms with E-state index in [1.54, 1.807) is 0 Å². The Morgan fingerprint density at radius 2 is 1.74 bits per heavy atom. The summed E-state index contributed by atoms with van der Waals surface area (Å²) in [6.07, 6.45) is 7.62. The van der Waals surface area contributed by atoms with Gasteiger partial charge in [0, 0.05) is 18.7 Å². The maximum Gasteiger partial charge on any atom is 0.251 e. The zero-order chi connectivity index (χ0) is 17.1.